The molecule has 130 valence electrons. The second-order valence-electron chi connectivity index (χ2n) is 6.01. The first kappa shape index (κ1) is 18.3. The molecule has 0 radical (unpaired) electrons. The number of nitrogens with one attached hydrogen (secondary N) is 1. The summed E-state index contributed by atoms with van der Waals surface area (Å²) in [5.41, 5.74) is 2.74. The molecule has 2 rings (SSSR count). The molecule has 0 bridgehead atoms. The molecule has 0 fully saturated rings. The Labute approximate surface area is 144 Å². The summed E-state index contributed by atoms with van der Waals surface area (Å²) in [6.07, 6.45) is 0. The van der Waals surface area contributed by atoms with Crippen molar-refractivity contribution in [2.45, 2.75) is 45.4 Å². The highest BCUT2D eigenvalue weighted by Gasteiger charge is 2.23. The summed E-state index contributed by atoms with van der Waals surface area (Å²) in [6.45, 7) is 10.1. The molecule has 1 aromatic heterocycles. The Morgan fingerprint density at radius 2 is 1.92 bits per heavy atom. The lowest BCUT2D eigenvalue weighted by atomic mass is 9.98. The van der Waals surface area contributed by atoms with E-state index in [4.69, 9.17) is 4.74 Å². The lowest BCUT2D eigenvalue weighted by Crippen LogP contribution is -2.16. The number of hydrogen-bond donors (Lipinski definition) is 1. The molecule has 0 aliphatic rings. The number of pyridine rings is 1. The van der Waals surface area contributed by atoms with Gasteiger partial charge in [0.15, 0.2) is 0 Å². The summed E-state index contributed by atoms with van der Waals surface area (Å²) in [5, 5.41) is 0. The minimum atomic E-state index is -3.79. The van der Waals surface area contributed by atoms with Crippen LogP contribution in [0, 0.1) is 13.8 Å². The fourth-order valence-corrected chi connectivity index (χ4v) is 3.73. The molecule has 2 aromatic rings. The van der Waals surface area contributed by atoms with Gasteiger partial charge in [-0.2, -0.15) is 0 Å². The summed E-state index contributed by atoms with van der Waals surface area (Å²) >= 11 is 0. The third-order valence-corrected chi connectivity index (χ3v) is 5.05. The summed E-state index contributed by atoms with van der Waals surface area (Å²) in [6, 6.07) is 8.69. The molecular weight excluding hydrogens is 324 g/mol. The van der Waals surface area contributed by atoms with Crippen LogP contribution in [0.1, 0.15) is 43.5 Å². The molecule has 6 heteroatoms. The number of ether oxygens (including phenoxy) is 1. The number of sulfonamides is 1. The van der Waals surface area contributed by atoms with Crippen molar-refractivity contribution in [3.8, 4) is 5.75 Å². The highest BCUT2D eigenvalue weighted by Crippen LogP contribution is 2.32. The van der Waals surface area contributed by atoms with E-state index in [2.05, 4.69) is 9.71 Å². The zero-order valence-electron chi connectivity index (χ0n) is 14.8. The van der Waals surface area contributed by atoms with Crippen molar-refractivity contribution in [1.82, 2.24) is 4.98 Å². The Bertz CT molecular complexity index is 830. The predicted octanol–water partition coefficient (Wildman–Crippen LogP) is 4.02. The maximum absolute atomic E-state index is 12.9. The van der Waals surface area contributed by atoms with E-state index in [0.29, 0.717) is 18.2 Å². The van der Waals surface area contributed by atoms with E-state index in [9.17, 15) is 8.42 Å². The molecule has 0 saturated carbocycles. The average Bonchev–Trinajstić information content (AvgIpc) is 2.46. The number of rotatable bonds is 6. The number of benzene rings is 1. The summed E-state index contributed by atoms with van der Waals surface area (Å²) in [7, 11) is -3.79. The third-order valence-electron chi connectivity index (χ3n) is 3.67. The van der Waals surface area contributed by atoms with E-state index in [-0.39, 0.29) is 10.8 Å². The van der Waals surface area contributed by atoms with E-state index in [0.717, 1.165) is 16.8 Å². The Hall–Kier alpha value is -2.08. The molecule has 1 aromatic carbocycles. The maximum Gasteiger partial charge on any atom is 0.266 e. The van der Waals surface area contributed by atoms with Gasteiger partial charge in [-0.25, -0.2) is 13.4 Å². The Balaban J connectivity index is 2.53. The zero-order valence-corrected chi connectivity index (χ0v) is 15.6. The van der Waals surface area contributed by atoms with Gasteiger partial charge in [0.2, 0.25) is 0 Å². The number of hydrogen-bond acceptors (Lipinski definition) is 4. The first-order valence-corrected chi connectivity index (χ1v) is 9.46. The highest BCUT2D eigenvalue weighted by atomic mass is 32.2. The first-order chi connectivity index (χ1) is 11.2. The van der Waals surface area contributed by atoms with Crippen LogP contribution in [0.2, 0.25) is 0 Å². The molecule has 0 unspecified atom stereocenters. The largest absolute Gasteiger partial charge is 0.492 e. The smallest absolute Gasteiger partial charge is 0.266 e. The lowest BCUT2D eigenvalue weighted by Gasteiger charge is -2.17. The predicted molar refractivity (Wildman–Crippen MR) is 96.2 cm³/mol. The standard InChI is InChI=1S/C18H24N2O3S/c1-6-23-16-10-13(4)15(12(2)3)11-17(16)24(21,22)20-18-9-7-8-14(5)19-18/h7-12H,6H2,1-5H3,(H,19,20). The van der Waals surface area contributed by atoms with Gasteiger partial charge in [-0.3, -0.25) is 4.72 Å². The zero-order chi connectivity index (χ0) is 17.9. The summed E-state index contributed by atoms with van der Waals surface area (Å²) < 4.78 is 33.8. The van der Waals surface area contributed by atoms with Gasteiger partial charge in [-0.1, -0.05) is 19.9 Å². The van der Waals surface area contributed by atoms with Crippen molar-refractivity contribution in [3.05, 3.63) is 47.2 Å². The minimum absolute atomic E-state index is 0.141. The van der Waals surface area contributed by atoms with Crippen molar-refractivity contribution in [1.29, 1.82) is 0 Å². The van der Waals surface area contributed by atoms with Crippen LogP contribution in [-0.4, -0.2) is 20.0 Å². The number of anilines is 1. The Morgan fingerprint density at radius 1 is 1.21 bits per heavy atom. The van der Waals surface area contributed by atoms with Crippen LogP contribution < -0.4 is 9.46 Å². The van der Waals surface area contributed by atoms with Gasteiger partial charge in [0.1, 0.15) is 16.5 Å². The van der Waals surface area contributed by atoms with Gasteiger partial charge in [0, 0.05) is 5.69 Å². The normalized spacial score (nSPS) is 11.6. The van der Waals surface area contributed by atoms with Gasteiger partial charge < -0.3 is 4.74 Å². The van der Waals surface area contributed by atoms with Crippen LogP contribution in [-0.2, 0) is 10.0 Å². The fraction of sp³-hybridized carbons (Fsp3) is 0.389. The van der Waals surface area contributed by atoms with Crippen LogP contribution in [0.4, 0.5) is 5.82 Å². The highest BCUT2D eigenvalue weighted by molar-refractivity contribution is 7.92. The van der Waals surface area contributed by atoms with E-state index >= 15 is 0 Å². The van der Waals surface area contributed by atoms with Crippen molar-refractivity contribution in [2.24, 2.45) is 0 Å². The average molecular weight is 348 g/mol. The van der Waals surface area contributed by atoms with E-state index in [1.54, 1.807) is 24.3 Å². The fourth-order valence-electron chi connectivity index (χ4n) is 2.57. The molecule has 0 amide bonds. The van der Waals surface area contributed by atoms with E-state index in [1.165, 1.54) is 0 Å². The van der Waals surface area contributed by atoms with Gasteiger partial charge in [0.05, 0.1) is 6.61 Å². The van der Waals surface area contributed by atoms with Gasteiger partial charge in [-0.05, 0) is 62.1 Å². The Kier molecular flexibility index (Phi) is 5.49. The molecule has 0 spiro atoms. The number of aryl methyl sites for hydroxylation is 2. The summed E-state index contributed by atoms with van der Waals surface area (Å²) in [5.74, 6) is 0.871. The van der Waals surface area contributed by atoms with Gasteiger partial charge >= 0.3 is 0 Å². The first-order valence-electron chi connectivity index (χ1n) is 7.98. The number of aromatic nitrogens is 1. The molecular formula is C18H24N2O3S. The molecule has 0 saturated heterocycles. The van der Waals surface area contributed by atoms with Gasteiger partial charge in [0.25, 0.3) is 10.0 Å². The van der Waals surface area contributed by atoms with E-state index in [1.807, 2.05) is 40.7 Å². The lowest BCUT2D eigenvalue weighted by molar-refractivity contribution is 0.330. The summed E-state index contributed by atoms with van der Waals surface area (Å²) in [4.78, 5) is 4.34. The molecule has 5 nitrogen and oxygen atoms in total. The van der Waals surface area contributed by atoms with Crippen LogP contribution in [0.25, 0.3) is 0 Å². The van der Waals surface area contributed by atoms with Gasteiger partial charge in [-0.15, -0.1) is 0 Å². The van der Waals surface area contributed by atoms with Crippen molar-refractivity contribution >= 4 is 15.8 Å². The van der Waals surface area contributed by atoms with Crippen LogP contribution in [0.3, 0.4) is 0 Å². The quantitative estimate of drug-likeness (QED) is 0.856. The van der Waals surface area contributed by atoms with Crippen LogP contribution in [0.15, 0.2) is 35.2 Å². The minimum Gasteiger partial charge on any atom is -0.492 e. The molecule has 0 aliphatic heterocycles. The third kappa shape index (κ3) is 4.06. The van der Waals surface area contributed by atoms with E-state index < -0.39 is 10.0 Å². The van der Waals surface area contributed by atoms with Crippen LogP contribution >= 0.6 is 0 Å². The monoisotopic (exact) mass is 348 g/mol. The SMILES string of the molecule is CCOc1cc(C)c(C(C)C)cc1S(=O)(=O)Nc1cccc(C)n1. The van der Waals surface area contributed by atoms with Crippen LogP contribution in [0.5, 0.6) is 5.75 Å². The molecule has 24 heavy (non-hydrogen) atoms. The van der Waals surface area contributed by atoms with Crippen molar-refractivity contribution < 1.29 is 13.2 Å². The molecule has 0 aliphatic carbocycles. The second-order valence-corrected chi connectivity index (χ2v) is 7.66. The maximum atomic E-state index is 12.9. The Morgan fingerprint density at radius 3 is 2.50 bits per heavy atom. The molecule has 0 atom stereocenters. The topological polar surface area (TPSA) is 68.3 Å². The van der Waals surface area contributed by atoms with Crippen molar-refractivity contribution in [3.63, 3.8) is 0 Å². The van der Waals surface area contributed by atoms with Crippen molar-refractivity contribution in [2.75, 3.05) is 11.3 Å². The second kappa shape index (κ2) is 7.21. The number of nitrogens with zero attached hydrogens (tertiary/aromatic N) is 1. The molecule has 1 heterocycles. The molecule has 1 N–H and O–H groups in total.